The number of benzene rings is 1. The Bertz CT molecular complexity index is 454. The Morgan fingerprint density at radius 1 is 1.11 bits per heavy atom. The molecule has 0 saturated carbocycles. The number of carbonyl (C=O) groups is 1. The third-order valence-electron chi connectivity index (χ3n) is 2.05. The number of ether oxygens (including phenoxy) is 2. The van der Waals surface area contributed by atoms with Crippen LogP contribution in [0.4, 0.5) is 17.6 Å². The van der Waals surface area contributed by atoms with Gasteiger partial charge in [-0.15, -0.1) is 11.6 Å². The van der Waals surface area contributed by atoms with E-state index in [4.69, 9.17) is 11.6 Å². The predicted octanol–water partition coefficient (Wildman–Crippen LogP) is 3.76. The molecule has 0 aliphatic carbocycles. The molecule has 0 aromatic heterocycles. The highest BCUT2D eigenvalue weighted by molar-refractivity contribution is 6.30. The van der Waals surface area contributed by atoms with E-state index in [1.54, 1.807) is 0 Å². The zero-order valence-electron chi connectivity index (χ0n) is 9.58. The molecule has 8 heteroatoms. The molecule has 3 nitrogen and oxygen atoms in total. The SMILES string of the molecule is CC(=O)C(Cl)c1ccc(OC(F)F)c(OC(F)F)c1. The second-order valence-corrected chi connectivity index (χ2v) is 3.87. The third kappa shape index (κ3) is 4.59. The quantitative estimate of drug-likeness (QED) is 0.593. The van der Waals surface area contributed by atoms with Crippen LogP contribution in [0.5, 0.6) is 11.5 Å². The first kappa shape index (κ1) is 15.6. The van der Waals surface area contributed by atoms with E-state index in [0.29, 0.717) is 0 Å². The summed E-state index contributed by atoms with van der Waals surface area (Å²) in [5.41, 5.74) is 0.145. The molecule has 0 aliphatic rings. The fourth-order valence-electron chi connectivity index (χ4n) is 1.30. The Hall–Kier alpha value is -1.50. The van der Waals surface area contributed by atoms with Crippen LogP contribution < -0.4 is 9.47 Å². The van der Waals surface area contributed by atoms with Crippen molar-refractivity contribution in [2.45, 2.75) is 25.5 Å². The highest BCUT2D eigenvalue weighted by Gasteiger charge is 2.19. The van der Waals surface area contributed by atoms with Gasteiger partial charge in [-0.25, -0.2) is 0 Å². The second-order valence-electron chi connectivity index (χ2n) is 3.44. The smallest absolute Gasteiger partial charge is 0.387 e. The van der Waals surface area contributed by atoms with Crippen molar-refractivity contribution in [1.82, 2.24) is 0 Å². The average molecular weight is 301 g/mol. The third-order valence-corrected chi connectivity index (χ3v) is 2.61. The van der Waals surface area contributed by atoms with Crippen molar-refractivity contribution in [2.75, 3.05) is 0 Å². The minimum Gasteiger partial charge on any atom is -0.431 e. The van der Waals surface area contributed by atoms with Crippen molar-refractivity contribution in [2.24, 2.45) is 0 Å². The largest absolute Gasteiger partial charge is 0.431 e. The maximum absolute atomic E-state index is 12.2. The van der Waals surface area contributed by atoms with E-state index in [2.05, 4.69) is 9.47 Å². The predicted molar refractivity (Wildman–Crippen MR) is 59.0 cm³/mol. The summed E-state index contributed by atoms with van der Waals surface area (Å²) < 4.78 is 56.6. The maximum atomic E-state index is 12.2. The van der Waals surface area contributed by atoms with Gasteiger partial charge in [-0.2, -0.15) is 17.6 Å². The normalized spacial score (nSPS) is 12.6. The number of alkyl halides is 5. The van der Waals surface area contributed by atoms with E-state index in [0.717, 1.165) is 12.1 Å². The number of carbonyl (C=O) groups excluding carboxylic acids is 1. The van der Waals surface area contributed by atoms with Crippen molar-refractivity contribution in [1.29, 1.82) is 0 Å². The Morgan fingerprint density at radius 2 is 1.63 bits per heavy atom. The van der Waals surface area contributed by atoms with E-state index in [1.165, 1.54) is 13.0 Å². The Labute approximate surface area is 111 Å². The fourth-order valence-corrected chi connectivity index (χ4v) is 1.43. The van der Waals surface area contributed by atoms with Crippen LogP contribution in [0.2, 0.25) is 0 Å². The Kier molecular flexibility index (Phi) is 5.41. The Balaban J connectivity index is 3.10. The standard InChI is InChI=1S/C11H9ClF4O3/c1-5(17)9(12)6-2-3-7(18-10(13)14)8(4-6)19-11(15)16/h2-4,9-11H,1H3. The van der Waals surface area contributed by atoms with Gasteiger partial charge in [0.2, 0.25) is 0 Å². The van der Waals surface area contributed by atoms with Crippen molar-refractivity contribution >= 4 is 17.4 Å². The van der Waals surface area contributed by atoms with Gasteiger partial charge in [0.25, 0.3) is 0 Å². The number of rotatable bonds is 6. The minimum atomic E-state index is -3.22. The number of hydrogen-bond donors (Lipinski definition) is 0. The van der Waals surface area contributed by atoms with Gasteiger partial charge < -0.3 is 9.47 Å². The summed E-state index contributed by atoms with van der Waals surface area (Å²) in [6, 6.07) is 3.16. The lowest BCUT2D eigenvalue weighted by atomic mass is 10.1. The zero-order chi connectivity index (χ0) is 14.6. The molecule has 0 N–H and O–H groups in total. The highest BCUT2D eigenvalue weighted by Crippen LogP contribution is 2.34. The summed E-state index contributed by atoms with van der Waals surface area (Å²) in [4.78, 5) is 11.1. The van der Waals surface area contributed by atoms with Gasteiger partial charge >= 0.3 is 13.2 Å². The molecule has 0 fully saturated rings. The number of halogens is 5. The molecule has 1 rings (SSSR count). The number of hydrogen-bond acceptors (Lipinski definition) is 3. The molecule has 0 saturated heterocycles. The maximum Gasteiger partial charge on any atom is 0.387 e. The lowest BCUT2D eigenvalue weighted by molar-refractivity contribution is -0.116. The van der Waals surface area contributed by atoms with Crippen LogP contribution in [0.15, 0.2) is 18.2 Å². The molecule has 106 valence electrons. The topological polar surface area (TPSA) is 35.5 Å². The summed E-state index contributed by atoms with van der Waals surface area (Å²) >= 11 is 5.73. The molecule has 0 radical (unpaired) electrons. The molecule has 1 aromatic carbocycles. The lowest BCUT2D eigenvalue weighted by Crippen LogP contribution is -2.09. The molecule has 1 atom stereocenters. The molecular weight excluding hydrogens is 292 g/mol. The molecule has 0 aliphatic heterocycles. The van der Waals surface area contributed by atoms with Gasteiger partial charge in [-0.1, -0.05) is 6.07 Å². The molecule has 0 bridgehead atoms. The van der Waals surface area contributed by atoms with Crippen LogP contribution in [0.1, 0.15) is 17.9 Å². The van der Waals surface area contributed by atoms with E-state index >= 15 is 0 Å². The molecular formula is C11H9ClF4O3. The molecule has 1 unspecified atom stereocenters. The fraction of sp³-hybridized carbons (Fsp3) is 0.364. The summed E-state index contributed by atoms with van der Waals surface area (Å²) in [6.07, 6.45) is 0. The average Bonchev–Trinajstić information content (AvgIpc) is 2.29. The summed E-state index contributed by atoms with van der Waals surface area (Å²) in [5, 5.41) is -1.08. The van der Waals surface area contributed by atoms with Crippen LogP contribution in [0, 0.1) is 0 Å². The molecule has 0 amide bonds. The van der Waals surface area contributed by atoms with E-state index in [9.17, 15) is 22.4 Å². The van der Waals surface area contributed by atoms with Crippen LogP contribution in [0.25, 0.3) is 0 Å². The first-order valence-corrected chi connectivity index (χ1v) is 5.43. The van der Waals surface area contributed by atoms with Crippen molar-refractivity contribution in [3.8, 4) is 11.5 Å². The van der Waals surface area contributed by atoms with Crippen LogP contribution >= 0.6 is 11.6 Å². The van der Waals surface area contributed by atoms with Crippen molar-refractivity contribution in [3.63, 3.8) is 0 Å². The Morgan fingerprint density at radius 3 is 2.11 bits per heavy atom. The highest BCUT2D eigenvalue weighted by atomic mass is 35.5. The number of Topliss-reactive ketones (excluding diaryl/α,β-unsaturated/α-hetero) is 1. The molecule has 19 heavy (non-hydrogen) atoms. The van der Waals surface area contributed by atoms with Crippen LogP contribution in [0.3, 0.4) is 0 Å². The van der Waals surface area contributed by atoms with Gasteiger partial charge in [0.05, 0.1) is 0 Å². The zero-order valence-corrected chi connectivity index (χ0v) is 10.3. The van der Waals surface area contributed by atoms with Gasteiger partial charge in [-0.05, 0) is 24.6 Å². The molecule has 0 spiro atoms. The van der Waals surface area contributed by atoms with E-state index in [1.807, 2.05) is 0 Å². The van der Waals surface area contributed by atoms with Gasteiger partial charge in [0, 0.05) is 0 Å². The monoisotopic (exact) mass is 300 g/mol. The van der Waals surface area contributed by atoms with E-state index in [-0.39, 0.29) is 5.56 Å². The molecule has 1 aromatic rings. The van der Waals surface area contributed by atoms with Gasteiger partial charge in [-0.3, -0.25) is 4.79 Å². The van der Waals surface area contributed by atoms with Gasteiger partial charge in [0.1, 0.15) is 5.38 Å². The van der Waals surface area contributed by atoms with Crippen molar-refractivity contribution < 1.29 is 31.8 Å². The number of ketones is 1. The first-order valence-electron chi connectivity index (χ1n) is 4.99. The summed E-state index contributed by atoms with van der Waals surface area (Å²) in [6.45, 7) is -5.21. The van der Waals surface area contributed by atoms with Crippen LogP contribution in [-0.4, -0.2) is 19.0 Å². The van der Waals surface area contributed by atoms with E-state index < -0.39 is 35.9 Å². The minimum absolute atomic E-state index is 0.145. The van der Waals surface area contributed by atoms with Gasteiger partial charge in [0.15, 0.2) is 17.3 Å². The summed E-state index contributed by atoms with van der Waals surface area (Å²) in [5.74, 6) is -1.60. The van der Waals surface area contributed by atoms with Crippen LogP contribution in [-0.2, 0) is 4.79 Å². The molecule has 0 heterocycles. The van der Waals surface area contributed by atoms with Crippen molar-refractivity contribution in [3.05, 3.63) is 23.8 Å². The lowest BCUT2D eigenvalue weighted by Gasteiger charge is -2.14. The summed E-state index contributed by atoms with van der Waals surface area (Å²) in [7, 11) is 0. The second kappa shape index (κ2) is 6.60. The first-order chi connectivity index (χ1) is 8.81.